The predicted octanol–water partition coefficient (Wildman–Crippen LogP) is 4.69. The molecule has 0 saturated heterocycles. The van der Waals surface area contributed by atoms with Crippen LogP contribution in [0.2, 0.25) is 0 Å². The lowest BCUT2D eigenvalue weighted by molar-refractivity contribution is -0.227. The highest BCUT2D eigenvalue weighted by Gasteiger charge is 2.65. The van der Waals surface area contributed by atoms with E-state index in [1.54, 1.807) is 0 Å². The summed E-state index contributed by atoms with van der Waals surface area (Å²) in [5.41, 5.74) is 1.22. The van der Waals surface area contributed by atoms with Crippen molar-refractivity contribution in [3.8, 4) is 5.75 Å². The molecule has 4 nitrogen and oxygen atoms in total. The molecule has 0 radical (unpaired) electrons. The van der Waals surface area contributed by atoms with Crippen molar-refractivity contribution in [1.82, 2.24) is 5.32 Å². The number of hydrogen-bond donors (Lipinski definition) is 2. The van der Waals surface area contributed by atoms with Gasteiger partial charge in [-0.25, -0.2) is 0 Å². The zero-order valence-corrected chi connectivity index (χ0v) is 18.0. The fourth-order valence-electron chi connectivity index (χ4n) is 6.57. The normalized spacial score (nSPS) is 39.1. The molecule has 3 aliphatic rings. The fraction of sp³-hybridized carbons (Fsp3) is 0.708. The average molecular weight is 386 g/mol. The maximum absolute atomic E-state index is 12.2. The average Bonchev–Trinajstić information content (AvgIpc) is 3.05. The molecule has 2 saturated carbocycles. The van der Waals surface area contributed by atoms with Crippen LogP contribution in [0.25, 0.3) is 0 Å². The monoisotopic (exact) mass is 385 g/mol. The minimum absolute atomic E-state index is 0.0100. The molecule has 0 bridgehead atoms. The van der Waals surface area contributed by atoms with Crippen LogP contribution < -0.4 is 10.1 Å². The Morgan fingerprint density at radius 3 is 2.68 bits per heavy atom. The van der Waals surface area contributed by atoms with Crippen LogP contribution in [0.3, 0.4) is 0 Å². The van der Waals surface area contributed by atoms with E-state index in [1.807, 2.05) is 18.2 Å². The summed E-state index contributed by atoms with van der Waals surface area (Å²) in [4.78, 5) is 12.2. The molecule has 5 unspecified atom stereocenters. The minimum atomic E-state index is -0.330. The first-order chi connectivity index (χ1) is 13.2. The van der Waals surface area contributed by atoms with E-state index in [9.17, 15) is 9.90 Å². The Hall–Kier alpha value is -1.55. The molecule has 0 spiro atoms. The van der Waals surface area contributed by atoms with Gasteiger partial charge in [0.1, 0.15) is 11.4 Å². The Labute approximate surface area is 169 Å². The number of fused-ring (bicyclic) bond motifs is 2. The van der Waals surface area contributed by atoms with Gasteiger partial charge in [0, 0.05) is 29.0 Å². The molecule has 0 aromatic heterocycles. The van der Waals surface area contributed by atoms with Gasteiger partial charge in [-0.05, 0) is 55.6 Å². The number of nitrogens with one attached hydrogen (secondary N) is 1. The number of rotatable bonds is 3. The Morgan fingerprint density at radius 1 is 1.21 bits per heavy atom. The minimum Gasteiger partial charge on any atom is -0.486 e. The van der Waals surface area contributed by atoms with E-state index < -0.39 is 0 Å². The van der Waals surface area contributed by atoms with Crippen LogP contribution in [0.1, 0.15) is 82.6 Å². The first kappa shape index (κ1) is 19.8. The van der Waals surface area contributed by atoms with E-state index >= 15 is 0 Å². The van der Waals surface area contributed by atoms with Gasteiger partial charge in [-0.2, -0.15) is 0 Å². The third kappa shape index (κ3) is 2.49. The molecular formula is C24H35NO3. The highest BCUT2D eigenvalue weighted by molar-refractivity contribution is 5.99. The molecule has 2 fully saturated rings. The summed E-state index contributed by atoms with van der Waals surface area (Å²) in [5.74, 6) is 1.67. The van der Waals surface area contributed by atoms with Crippen molar-refractivity contribution >= 4 is 5.91 Å². The first-order valence-corrected chi connectivity index (χ1v) is 10.9. The molecule has 154 valence electrons. The number of ether oxygens (including phenoxy) is 1. The van der Waals surface area contributed by atoms with Crippen molar-refractivity contribution in [1.29, 1.82) is 0 Å². The molecule has 1 heterocycles. The maximum atomic E-state index is 12.2. The van der Waals surface area contributed by atoms with Crippen LogP contribution in [-0.2, 0) is 6.54 Å². The van der Waals surface area contributed by atoms with Crippen molar-refractivity contribution in [3.63, 3.8) is 0 Å². The van der Waals surface area contributed by atoms with E-state index in [0.717, 1.165) is 42.6 Å². The van der Waals surface area contributed by atoms with E-state index in [-0.39, 0.29) is 34.4 Å². The van der Waals surface area contributed by atoms with Crippen molar-refractivity contribution in [2.24, 2.45) is 22.7 Å². The van der Waals surface area contributed by atoms with Crippen molar-refractivity contribution in [3.05, 3.63) is 29.3 Å². The zero-order chi connectivity index (χ0) is 20.3. The quantitative estimate of drug-likeness (QED) is 0.793. The second kappa shape index (κ2) is 6.48. The number of aliphatic hydroxyl groups is 1. The van der Waals surface area contributed by atoms with Gasteiger partial charge in [-0.1, -0.05) is 40.7 Å². The number of carbonyl (C=O) groups is 1. The Balaban J connectivity index is 1.85. The van der Waals surface area contributed by atoms with E-state index in [2.05, 4.69) is 39.9 Å². The van der Waals surface area contributed by atoms with E-state index in [1.165, 1.54) is 6.42 Å². The molecule has 4 heteroatoms. The van der Waals surface area contributed by atoms with Gasteiger partial charge in [-0.3, -0.25) is 4.79 Å². The van der Waals surface area contributed by atoms with Gasteiger partial charge in [0.25, 0.3) is 5.91 Å². The van der Waals surface area contributed by atoms with Crippen LogP contribution >= 0.6 is 0 Å². The maximum Gasteiger partial charge on any atom is 0.252 e. The highest BCUT2D eigenvalue weighted by atomic mass is 16.5. The van der Waals surface area contributed by atoms with Crippen LogP contribution in [0.15, 0.2) is 18.2 Å². The lowest BCUT2D eigenvalue weighted by atomic mass is 9.44. The smallest absolute Gasteiger partial charge is 0.252 e. The van der Waals surface area contributed by atoms with Gasteiger partial charge in [-0.15, -0.1) is 0 Å². The third-order valence-electron chi connectivity index (χ3n) is 8.88. The summed E-state index contributed by atoms with van der Waals surface area (Å²) in [7, 11) is 0. The second-order valence-electron chi connectivity index (χ2n) is 10.1. The highest BCUT2D eigenvalue weighted by Crippen LogP contribution is 2.64. The molecule has 5 atom stereocenters. The third-order valence-corrected chi connectivity index (χ3v) is 8.88. The summed E-state index contributed by atoms with van der Waals surface area (Å²) in [6.07, 6.45) is 4.62. The standard InChI is InChI=1S/C24H35NO3/c1-6-23(5)15(2)10-11-19-22(3,4)20(26)12-13-24(19,23)28-18-9-7-8-16-17(18)14-25-21(16)27/h7-9,15,19-20,26H,6,10-14H2,1-5H3,(H,25,27). The molecule has 1 aromatic carbocycles. The molecule has 2 N–H and O–H groups in total. The van der Waals surface area contributed by atoms with Gasteiger partial charge in [0.05, 0.1) is 6.10 Å². The summed E-state index contributed by atoms with van der Waals surface area (Å²) < 4.78 is 7.10. The molecule has 2 aliphatic carbocycles. The molecular weight excluding hydrogens is 350 g/mol. The lowest BCUT2D eigenvalue weighted by Gasteiger charge is -2.65. The second-order valence-corrected chi connectivity index (χ2v) is 10.1. The molecule has 1 aliphatic heterocycles. The number of amides is 1. The van der Waals surface area contributed by atoms with Crippen molar-refractivity contribution in [2.75, 3.05) is 0 Å². The Morgan fingerprint density at radius 2 is 1.96 bits per heavy atom. The van der Waals surface area contributed by atoms with Crippen LogP contribution in [0, 0.1) is 22.7 Å². The summed E-state index contributed by atoms with van der Waals surface area (Å²) in [6, 6.07) is 5.85. The number of benzene rings is 1. The largest absolute Gasteiger partial charge is 0.486 e. The van der Waals surface area contributed by atoms with Gasteiger partial charge >= 0.3 is 0 Å². The first-order valence-electron chi connectivity index (χ1n) is 10.9. The Kier molecular flexibility index (Phi) is 4.57. The molecule has 1 amide bonds. The van der Waals surface area contributed by atoms with E-state index in [4.69, 9.17) is 4.74 Å². The van der Waals surface area contributed by atoms with Crippen LogP contribution in [0.5, 0.6) is 5.75 Å². The van der Waals surface area contributed by atoms with Crippen molar-refractivity contribution in [2.45, 2.75) is 85.0 Å². The van der Waals surface area contributed by atoms with Crippen molar-refractivity contribution < 1.29 is 14.6 Å². The number of aliphatic hydroxyl groups excluding tert-OH is 1. The van der Waals surface area contributed by atoms with Gasteiger partial charge in [0.15, 0.2) is 0 Å². The Bertz CT molecular complexity index is 788. The zero-order valence-electron chi connectivity index (χ0n) is 18.0. The fourth-order valence-corrected chi connectivity index (χ4v) is 6.57. The molecule has 4 rings (SSSR count). The van der Waals surface area contributed by atoms with Gasteiger partial charge in [0.2, 0.25) is 0 Å². The molecule has 28 heavy (non-hydrogen) atoms. The van der Waals surface area contributed by atoms with Gasteiger partial charge < -0.3 is 15.2 Å². The number of carbonyl (C=O) groups excluding carboxylic acids is 1. The van der Waals surface area contributed by atoms with Crippen LogP contribution in [0.4, 0.5) is 0 Å². The SMILES string of the molecule is CCC1(C)C(C)CCC2C(C)(C)C(O)CCC21Oc1cccc2c1CNC2=O. The van der Waals surface area contributed by atoms with E-state index in [0.29, 0.717) is 12.5 Å². The topological polar surface area (TPSA) is 58.6 Å². The summed E-state index contributed by atoms with van der Waals surface area (Å²) in [6.45, 7) is 12.0. The summed E-state index contributed by atoms with van der Waals surface area (Å²) in [5, 5.41) is 13.8. The predicted molar refractivity (Wildman–Crippen MR) is 110 cm³/mol. The van der Waals surface area contributed by atoms with Crippen LogP contribution in [-0.4, -0.2) is 22.7 Å². The summed E-state index contributed by atoms with van der Waals surface area (Å²) >= 11 is 0. The molecule has 1 aromatic rings. The number of hydrogen-bond acceptors (Lipinski definition) is 3. The lowest BCUT2D eigenvalue weighted by Crippen LogP contribution is -2.68.